The number of hydrogen-bond donors (Lipinski definition) is 0. The lowest BCUT2D eigenvalue weighted by molar-refractivity contribution is -0.158. The van der Waals surface area contributed by atoms with Gasteiger partial charge in [-0.1, -0.05) is 53.9 Å². The molecular formula is C34H61NO3. The van der Waals surface area contributed by atoms with Crippen molar-refractivity contribution >= 4 is 0 Å². The fourth-order valence-electron chi connectivity index (χ4n) is 10.6. The van der Waals surface area contributed by atoms with Gasteiger partial charge in [0.05, 0.1) is 25.9 Å². The largest absolute Gasteiger partial charge is 0.379 e. The van der Waals surface area contributed by atoms with Crippen molar-refractivity contribution < 1.29 is 14.2 Å². The van der Waals surface area contributed by atoms with Gasteiger partial charge in [0, 0.05) is 19.6 Å². The van der Waals surface area contributed by atoms with E-state index in [0.717, 1.165) is 80.9 Å². The molecule has 5 rings (SSSR count). The number of fused-ring (bicyclic) bond motifs is 5. The Balaban J connectivity index is 1.10. The standard InChI is InChI=1S/C34H61NO3/c1-25(2)7-6-8-26(3)30-11-12-31-29-10-9-27-23-28(38-24-37-22-19-35-17-20-36-21-18-35)13-15-33(27,4)32(29)14-16-34(30,31)5/h25-32H,6-24H2,1-5H3. The van der Waals surface area contributed by atoms with Crippen LogP contribution in [0.1, 0.15) is 112 Å². The minimum Gasteiger partial charge on any atom is -0.379 e. The quantitative estimate of drug-likeness (QED) is 0.201. The predicted molar refractivity (Wildman–Crippen MR) is 156 cm³/mol. The molecule has 0 amide bonds. The maximum Gasteiger partial charge on any atom is 0.147 e. The molecule has 220 valence electrons. The molecule has 9 atom stereocenters. The van der Waals surface area contributed by atoms with Gasteiger partial charge in [-0.2, -0.15) is 0 Å². The van der Waals surface area contributed by atoms with Crippen molar-refractivity contribution in [3.63, 3.8) is 0 Å². The van der Waals surface area contributed by atoms with Crippen LogP contribution in [0.25, 0.3) is 0 Å². The van der Waals surface area contributed by atoms with Crippen molar-refractivity contribution in [1.82, 2.24) is 4.90 Å². The van der Waals surface area contributed by atoms with Gasteiger partial charge < -0.3 is 14.2 Å². The van der Waals surface area contributed by atoms with E-state index in [0.29, 0.717) is 23.7 Å². The van der Waals surface area contributed by atoms with Gasteiger partial charge in [-0.15, -0.1) is 0 Å². The average Bonchev–Trinajstić information content (AvgIpc) is 3.26. The molecule has 38 heavy (non-hydrogen) atoms. The second-order valence-corrected chi connectivity index (χ2v) is 15.2. The minimum absolute atomic E-state index is 0.407. The predicted octanol–water partition coefficient (Wildman–Crippen LogP) is 7.80. The molecule has 0 bridgehead atoms. The fraction of sp³-hybridized carbons (Fsp3) is 1.00. The molecule has 0 aromatic heterocycles. The third-order valence-corrected chi connectivity index (χ3v) is 12.9. The van der Waals surface area contributed by atoms with Crippen LogP contribution >= 0.6 is 0 Å². The van der Waals surface area contributed by atoms with E-state index in [1.165, 1.54) is 77.0 Å². The molecule has 4 nitrogen and oxygen atoms in total. The Morgan fingerprint density at radius 2 is 1.63 bits per heavy atom. The smallest absolute Gasteiger partial charge is 0.147 e. The summed E-state index contributed by atoms with van der Waals surface area (Å²) in [6.45, 7) is 18.9. The van der Waals surface area contributed by atoms with E-state index in [9.17, 15) is 0 Å². The molecule has 4 aliphatic carbocycles. The summed E-state index contributed by atoms with van der Waals surface area (Å²) >= 11 is 0. The highest BCUT2D eigenvalue weighted by molar-refractivity contribution is 5.09. The van der Waals surface area contributed by atoms with Crippen LogP contribution in [0.5, 0.6) is 0 Å². The lowest BCUT2D eigenvalue weighted by Crippen LogP contribution is -2.54. The van der Waals surface area contributed by atoms with Gasteiger partial charge in [-0.3, -0.25) is 4.90 Å². The van der Waals surface area contributed by atoms with Crippen molar-refractivity contribution in [2.24, 2.45) is 52.3 Å². The van der Waals surface area contributed by atoms with Crippen molar-refractivity contribution in [2.75, 3.05) is 46.2 Å². The van der Waals surface area contributed by atoms with Crippen LogP contribution in [-0.2, 0) is 14.2 Å². The number of morpholine rings is 1. The van der Waals surface area contributed by atoms with Gasteiger partial charge in [-0.25, -0.2) is 0 Å². The molecule has 4 saturated carbocycles. The van der Waals surface area contributed by atoms with E-state index in [4.69, 9.17) is 14.2 Å². The highest BCUT2D eigenvalue weighted by Crippen LogP contribution is 2.68. The normalized spacial score (nSPS) is 42.5. The van der Waals surface area contributed by atoms with Crippen LogP contribution in [-0.4, -0.2) is 57.3 Å². The van der Waals surface area contributed by atoms with E-state index in [2.05, 4.69) is 39.5 Å². The van der Waals surface area contributed by atoms with E-state index in [1.807, 2.05) is 0 Å². The Hall–Kier alpha value is -0.160. The van der Waals surface area contributed by atoms with Gasteiger partial charge >= 0.3 is 0 Å². The van der Waals surface area contributed by atoms with E-state index in [1.54, 1.807) is 0 Å². The molecular weight excluding hydrogens is 470 g/mol. The summed E-state index contributed by atoms with van der Waals surface area (Å²) in [4.78, 5) is 2.43. The van der Waals surface area contributed by atoms with Crippen molar-refractivity contribution in [3.8, 4) is 0 Å². The summed E-state index contributed by atoms with van der Waals surface area (Å²) in [6, 6.07) is 0. The molecule has 1 saturated heterocycles. The molecule has 5 fully saturated rings. The highest BCUT2D eigenvalue weighted by Gasteiger charge is 2.60. The van der Waals surface area contributed by atoms with E-state index >= 15 is 0 Å². The zero-order valence-electron chi connectivity index (χ0n) is 25.7. The Kier molecular flexibility index (Phi) is 9.87. The Morgan fingerprint density at radius 3 is 2.42 bits per heavy atom. The third kappa shape index (κ3) is 6.19. The first-order valence-electron chi connectivity index (χ1n) is 16.8. The Bertz CT molecular complexity index is 737. The van der Waals surface area contributed by atoms with Crippen LogP contribution in [0.15, 0.2) is 0 Å². The van der Waals surface area contributed by atoms with Crippen LogP contribution in [0.3, 0.4) is 0 Å². The second-order valence-electron chi connectivity index (χ2n) is 15.2. The van der Waals surface area contributed by atoms with Crippen LogP contribution in [0.2, 0.25) is 0 Å². The maximum absolute atomic E-state index is 6.31. The summed E-state index contributed by atoms with van der Waals surface area (Å²) in [5.74, 6) is 6.53. The van der Waals surface area contributed by atoms with Crippen molar-refractivity contribution in [2.45, 2.75) is 118 Å². The summed E-state index contributed by atoms with van der Waals surface area (Å²) in [5.41, 5.74) is 1.16. The molecule has 0 N–H and O–H groups in total. The van der Waals surface area contributed by atoms with Crippen LogP contribution in [0.4, 0.5) is 0 Å². The lowest BCUT2D eigenvalue weighted by atomic mass is 9.44. The number of ether oxygens (including phenoxy) is 3. The number of hydrogen-bond acceptors (Lipinski definition) is 4. The summed E-state index contributed by atoms with van der Waals surface area (Å²) < 4.78 is 17.7. The van der Waals surface area contributed by atoms with E-state index in [-0.39, 0.29) is 0 Å². The Labute approximate surface area is 235 Å². The molecule has 0 aromatic rings. The van der Waals surface area contributed by atoms with Gasteiger partial charge in [0.2, 0.25) is 0 Å². The monoisotopic (exact) mass is 531 g/mol. The first-order chi connectivity index (χ1) is 18.3. The Morgan fingerprint density at radius 1 is 0.868 bits per heavy atom. The molecule has 0 radical (unpaired) electrons. The zero-order valence-corrected chi connectivity index (χ0v) is 25.7. The molecule has 9 unspecified atom stereocenters. The highest BCUT2D eigenvalue weighted by atomic mass is 16.7. The first-order valence-corrected chi connectivity index (χ1v) is 16.8. The zero-order chi connectivity index (χ0) is 26.8. The van der Waals surface area contributed by atoms with Gasteiger partial charge in [0.25, 0.3) is 0 Å². The SMILES string of the molecule is CC(C)CCCC(C)C1CCC2C3CCC4CC(OCOCCN5CCOCC5)CCC4(C)C3CCC12C. The van der Waals surface area contributed by atoms with Gasteiger partial charge in [0.15, 0.2) is 0 Å². The third-order valence-electron chi connectivity index (χ3n) is 12.9. The molecule has 0 aromatic carbocycles. The van der Waals surface area contributed by atoms with Crippen molar-refractivity contribution in [1.29, 1.82) is 0 Å². The number of rotatable bonds is 11. The maximum atomic E-state index is 6.31. The second kappa shape index (κ2) is 12.8. The van der Waals surface area contributed by atoms with Gasteiger partial charge in [0.1, 0.15) is 6.79 Å². The first kappa shape index (κ1) is 29.3. The summed E-state index contributed by atoms with van der Waals surface area (Å²) in [5, 5.41) is 0. The molecule has 1 heterocycles. The number of nitrogens with zero attached hydrogens (tertiary/aromatic N) is 1. The molecule has 0 spiro atoms. The van der Waals surface area contributed by atoms with E-state index < -0.39 is 0 Å². The topological polar surface area (TPSA) is 30.9 Å². The van der Waals surface area contributed by atoms with Crippen LogP contribution in [0, 0.1) is 52.3 Å². The molecule has 1 aliphatic heterocycles. The molecule has 4 heteroatoms. The summed E-state index contributed by atoms with van der Waals surface area (Å²) in [7, 11) is 0. The van der Waals surface area contributed by atoms with Crippen LogP contribution < -0.4 is 0 Å². The average molecular weight is 532 g/mol. The van der Waals surface area contributed by atoms with Gasteiger partial charge in [-0.05, 0) is 110 Å². The lowest BCUT2D eigenvalue weighted by Gasteiger charge is -2.61. The van der Waals surface area contributed by atoms with Crippen molar-refractivity contribution in [3.05, 3.63) is 0 Å². The fourth-order valence-corrected chi connectivity index (χ4v) is 10.6. The molecule has 5 aliphatic rings. The minimum atomic E-state index is 0.407. The summed E-state index contributed by atoms with van der Waals surface area (Å²) in [6.07, 6.45) is 17.5.